The van der Waals surface area contributed by atoms with E-state index >= 15 is 0 Å². The molecule has 0 radical (unpaired) electrons. The van der Waals surface area contributed by atoms with Crippen molar-refractivity contribution in [3.05, 3.63) is 30.1 Å². The maximum atomic E-state index is 13.4. The van der Waals surface area contributed by atoms with Gasteiger partial charge in [-0.2, -0.15) is 0 Å². The number of hydrogen-bond donors (Lipinski definition) is 0. The van der Waals surface area contributed by atoms with Crippen LogP contribution < -0.4 is 0 Å². The molecule has 1 amide bonds. The number of nitrogens with zero attached hydrogens (tertiary/aromatic N) is 5. The van der Waals surface area contributed by atoms with Gasteiger partial charge >= 0.3 is 0 Å². The van der Waals surface area contributed by atoms with Crippen molar-refractivity contribution in [1.29, 1.82) is 0 Å². The fourth-order valence-corrected chi connectivity index (χ4v) is 5.29. The first kappa shape index (κ1) is 23.2. The number of carbonyl (C=O) groups is 1. The highest BCUT2D eigenvalue weighted by molar-refractivity contribution is 7.99. The maximum absolute atomic E-state index is 13.4. The zero-order valence-corrected chi connectivity index (χ0v) is 19.5. The number of piperidine rings is 1. The minimum absolute atomic E-state index is 0.174. The average Bonchev–Trinajstić information content (AvgIpc) is 3.25. The predicted octanol–water partition coefficient (Wildman–Crippen LogP) is 3.30. The van der Waals surface area contributed by atoms with E-state index in [2.05, 4.69) is 26.6 Å². The van der Waals surface area contributed by atoms with Crippen LogP contribution in [0.15, 0.2) is 29.4 Å². The first-order valence-corrected chi connectivity index (χ1v) is 12.6. The summed E-state index contributed by atoms with van der Waals surface area (Å²) in [7, 11) is 0. The summed E-state index contributed by atoms with van der Waals surface area (Å²) in [5.74, 6) is 0.959. The van der Waals surface area contributed by atoms with Crippen molar-refractivity contribution < 1.29 is 13.9 Å². The number of carbonyl (C=O) groups excluding carboxylic acids is 1. The number of halogens is 1. The van der Waals surface area contributed by atoms with Crippen molar-refractivity contribution in [3.8, 4) is 11.4 Å². The lowest BCUT2D eigenvalue weighted by molar-refractivity contribution is -0.132. The van der Waals surface area contributed by atoms with Gasteiger partial charge in [0.25, 0.3) is 0 Å². The summed E-state index contributed by atoms with van der Waals surface area (Å²) in [5, 5.41) is 9.54. The van der Waals surface area contributed by atoms with Crippen LogP contribution in [-0.4, -0.2) is 81.7 Å². The van der Waals surface area contributed by atoms with Crippen LogP contribution in [0.3, 0.4) is 0 Å². The van der Waals surface area contributed by atoms with E-state index in [0.29, 0.717) is 24.2 Å². The van der Waals surface area contributed by atoms with E-state index in [0.717, 1.165) is 69.4 Å². The monoisotopic (exact) mass is 461 g/mol. The highest BCUT2D eigenvalue weighted by atomic mass is 32.2. The van der Waals surface area contributed by atoms with Gasteiger partial charge in [0, 0.05) is 44.3 Å². The third-order valence-electron chi connectivity index (χ3n) is 6.31. The van der Waals surface area contributed by atoms with E-state index in [9.17, 15) is 9.18 Å². The van der Waals surface area contributed by atoms with Gasteiger partial charge in [-0.1, -0.05) is 18.7 Å². The van der Waals surface area contributed by atoms with E-state index < -0.39 is 0 Å². The summed E-state index contributed by atoms with van der Waals surface area (Å²) in [6, 6.07) is 6.68. The van der Waals surface area contributed by atoms with E-state index in [1.165, 1.54) is 30.3 Å². The summed E-state index contributed by atoms with van der Waals surface area (Å²) >= 11 is 1.45. The second-order valence-electron chi connectivity index (χ2n) is 8.35. The van der Waals surface area contributed by atoms with E-state index in [-0.39, 0.29) is 11.7 Å². The van der Waals surface area contributed by atoms with Gasteiger partial charge in [-0.3, -0.25) is 9.69 Å². The molecule has 2 aromatic rings. The number of amides is 1. The van der Waals surface area contributed by atoms with Crippen LogP contribution in [0.2, 0.25) is 0 Å². The average molecular weight is 462 g/mol. The second kappa shape index (κ2) is 11.2. The smallest absolute Gasteiger partial charge is 0.233 e. The SMILES string of the molecule is CCC1CCCCN1C(=O)CSc1nnc(-c2ccc(F)cc2)n1CCN1CCOCC1. The van der Waals surface area contributed by atoms with E-state index in [1.54, 1.807) is 12.1 Å². The van der Waals surface area contributed by atoms with Gasteiger partial charge < -0.3 is 14.2 Å². The highest BCUT2D eigenvalue weighted by Gasteiger charge is 2.26. The van der Waals surface area contributed by atoms with Crippen LogP contribution in [0.1, 0.15) is 32.6 Å². The van der Waals surface area contributed by atoms with Crippen molar-refractivity contribution in [2.24, 2.45) is 0 Å². The molecule has 7 nitrogen and oxygen atoms in total. The van der Waals surface area contributed by atoms with Gasteiger partial charge in [-0.15, -0.1) is 10.2 Å². The van der Waals surface area contributed by atoms with Crippen molar-refractivity contribution in [2.75, 3.05) is 45.1 Å². The second-order valence-corrected chi connectivity index (χ2v) is 9.29. The van der Waals surface area contributed by atoms with Crippen LogP contribution in [-0.2, 0) is 16.1 Å². The van der Waals surface area contributed by atoms with Crippen molar-refractivity contribution >= 4 is 17.7 Å². The molecule has 0 bridgehead atoms. The first-order valence-electron chi connectivity index (χ1n) is 11.6. The molecular weight excluding hydrogens is 429 g/mol. The summed E-state index contributed by atoms with van der Waals surface area (Å²) in [6.07, 6.45) is 4.38. The molecule has 1 aromatic carbocycles. The number of ether oxygens (including phenoxy) is 1. The molecule has 4 rings (SSSR count). The Morgan fingerprint density at radius 3 is 2.66 bits per heavy atom. The lowest BCUT2D eigenvalue weighted by Crippen LogP contribution is -2.44. The zero-order chi connectivity index (χ0) is 22.3. The minimum Gasteiger partial charge on any atom is -0.379 e. The topological polar surface area (TPSA) is 63.5 Å². The van der Waals surface area contributed by atoms with Gasteiger partial charge in [-0.25, -0.2) is 4.39 Å². The highest BCUT2D eigenvalue weighted by Crippen LogP contribution is 2.26. The molecule has 1 aromatic heterocycles. The third-order valence-corrected chi connectivity index (χ3v) is 7.26. The van der Waals surface area contributed by atoms with E-state index in [1.807, 2.05) is 4.90 Å². The summed E-state index contributed by atoms with van der Waals surface area (Å²) in [6.45, 7) is 7.86. The quantitative estimate of drug-likeness (QED) is 0.562. The molecule has 3 heterocycles. The van der Waals surface area contributed by atoms with Crippen molar-refractivity contribution in [2.45, 2.75) is 50.4 Å². The predicted molar refractivity (Wildman–Crippen MR) is 123 cm³/mol. The molecule has 0 aliphatic carbocycles. The maximum Gasteiger partial charge on any atom is 0.233 e. The summed E-state index contributed by atoms with van der Waals surface area (Å²) in [5.41, 5.74) is 0.820. The Balaban J connectivity index is 1.48. The fourth-order valence-electron chi connectivity index (χ4n) is 4.44. The van der Waals surface area contributed by atoms with Gasteiger partial charge in [0.15, 0.2) is 11.0 Å². The van der Waals surface area contributed by atoms with Gasteiger partial charge in [0.1, 0.15) is 5.82 Å². The molecule has 174 valence electrons. The zero-order valence-electron chi connectivity index (χ0n) is 18.7. The number of likely N-dealkylation sites (tertiary alicyclic amines) is 1. The van der Waals surface area contributed by atoms with Gasteiger partial charge in [-0.05, 0) is 49.9 Å². The number of hydrogen-bond acceptors (Lipinski definition) is 6. The summed E-state index contributed by atoms with van der Waals surface area (Å²) in [4.78, 5) is 17.4. The Bertz CT molecular complexity index is 885. The number of rotatable bonds is 8. The fraction of sp³-hybridized carbons (Fsp3) is 0.609. The molecule has 2 aliphatic heterocycles. The lowest BCUT2D eigenvalue weighted by Gasteiger charge is -2.35. The molecule has 2 saturated heterocycles. The van der Waals surface area contributed by atoms with Gasteiger partial charge in [0.2, 0.25) is 5.91 Å². The number of thioether (sulfide) groups is 1. The van der Waals surface area contributed by atoms with Crippen LogP contribution in [0.25, 0.3) is 11.4 Å². The largest absolute Gasteiger partial charge is 0.379 e. The lowest BCUT2D eigenvalue weighted by atomic mass is 10.0. The molecule has 1 unspecified atom stereocenters. The van der Waals surface area contributed by atoms with Crippen molar-refractivity contribution in [3.63, 3.8) is 0 Å². The minimum atomic E-state index is -0.277. The first-order chi connectivity index (χ1) is 15.7. The molecule has 2 fully saturated rings. The van der Waals surface area contributed by atoms with Gasteiger partial charge in [0.05, 0.1) is 19.0 Å². The van der Waals surface area contributed by atoms with Crippen LogP contribution in [0.4, 0.5) is 4.39 Å². The molecule has 1 atom stereocenters. The van der Waals surface area contributed by atoms with Crippen LogP contribution in [0.5, 0.6) is 0 Å². The molecule has 0 saturated carbocycles. The molecule has 32 heavy (non-hydrogen) atoms. The van der Waals surface area contributed by atoms with E-state index in [4.69, 9.17) is 4.74 Å². The number of aromatic nitrogens is 3. The Morgan fingerprint density at radius 2 is 1.91 bits per heavy atom. The number of morpholine rings is 1. The Labute approximate surface area is 193 Å². The normalized spacial score (nSPS) is 19.9. The van der Waals surface area contributed by atoms with Crippen LogP contribution >= 0.6 is 11.8 Å². The standard InChI is InChI=1S/C23H32FN5O2S/c1-2-20-5-3-4-10-28(20)21(30)17-32-23-26-25-22(18-6-8-19(24)9-7-18)29(23)12-11-27-13-15-31-16-14-27/h6-9,20H,2-5,10-17H2,1H3. The molecule has 0 spiro atoms. The Kier molecular flexibility index (Phi) is 8.15. The molecule has 9 heteroatoms. The molecule has 2 aliphatic rings. The summed E-state index contributed by atoms with van der Waals surface area (Å²) < 4.78 is 21.0. The van der Waals surface area contributed by atoms with Crippen LogP contribution in [0, 0.1) is 5.82 Å². The molecular formula is C23H32FN5O2S. The Hall–Kier alpha value is -1.97. The van der Waals surface area contributed by atoms with Crippen molar-refractivity contribution in [1.82, 2.24) is 24.6 Å². The number of benzene rings is 1. The third kappa shape index (κ3) is 5.68. The Morgan fingerprint density at radius 1 is 1.12 bits per heavy atom. The molecule has 0 N–H and O–H groups in total.